The molecule has 8 heteroatoms. The molecule has 0 aliphatic heterocycles. The van der Waals surface area contributed by atoms with Crippen molar-refractivity contribution in [3.8, 4) is 6.07 Å². The molecule has 0 unspecified atom stereocenters. The van der Waals surface area contributed by atoms with Crippen molar-refractivity contribution in [3.05, 3.63) is 10.2 Å². The largest absolute Gasteiger partial charge is 0.462 e. The molecule has 0 aliphatic carbocycles. The second-order valence-corrected chi connectivity index (χ2v) is 6.13. The fraction of sp³-hybridized carbons (Fsp3) is 0.636. The average Bonchev–Trinajstić information content (AvgIpc) is 2.36. The normalized spacial score (nSPS) is 12.6. The van der Waals surface area contributed by atoms with E-state index in [2.05, 4.69) is 0 Å². The zero-order valence-corrected chi connectivity index (χ0v) is 13.2. The SMILES string of the molecule is CCOC(=O)/C(C#N)=C(/SC)P(=O)(OCC)OCC. The number of nitrogens with zero attached hydrogens (tertiary/aromatic N) is 1. The van der Waals surface area contributed by atoms with Crippen LogP contribution in [0.1, 0.15) is 20.8 Å². The molecule has 0 bridgehead atoms. The van der Waals surface area contributed by atoms with Gasteiger partial charge in [-0.2, -0.15) is 5.26 Å². The molecule has 19 heavy (non-hydrogen) atoms. The van der Waals surface area contributed by atoms with Gasteiger partial charge in [-0.3, -0.25) is 4.57 Å². The van der Waals surface area contributed by atoms with Crippen LogP contribution in [0.2, 0.25) is 0 Å². The van der Waals surface area contributed by atoms with Gasteiger partial charge in [-0.1, -0.05) is 0 Å². The van der Waals surface area contributed by atoms with E-state index in [0.29, 0.717) is 0 Å². The highest BCUT2D eigenvalue weighted by atomic mass is 32.2. The van der Waals surface area contributed by atoms with Crippen LogP contribution in [-0.4, -0.2) is 32.0 Å². The van der Waals surface area contributed by atoms with E-state index in [-0.39, 0.29) is 30.0 Å². The Bertz CT molecular complexity index is 419. The molecule has 0 aromatic rings. The molecule has 0 N–H and O–H groups in total. The molecule has 0 saturated carbocycles. The fourth-order valence-electron chi connectivity index (χ4n) is 1.23. The van der Waals surface area contributed by atoms with Gasteiger partial charge in [0.05, 0.1) is 19.8 Å². The van der Waals surface area contributed by atoms with Gasteiger partial charge in [0.1, 0.15) is 10.7 Å². The van der Waals surface area contributed by atoms with Gasteiger partial charge in [0.2, 0.25) is 0 Å². The third kappa shape index (κ3) is 5.00. The first-order valence-electron chi connectivity index (χ1n) is 5.75. The van der Waals surface area contributed by atoms with Gasteiger partial charge in [0.15, 0.2) is 5.57 Å². The number of ether oxygens (including phenoxy) is 1. The Morgan fingerprint density at radius 1 is 1.21 bits per heavy atom. The molecule has 0 amide bonds. The van der Waals surface area contributed by atoms with Crippen LogP contribution in [0, 0.1) is 11.3 Å². The minimum atomic E-state index is -3.66. The standard InChI is InChI=1S/C11H18NO5PS/c1-5-15-10(13)9(8-12)11(19-4)18(14,16-6-2)17-7-3/h5-7H2,1-4H3/b11-9+. The molecule has 0 rings (SSSR count). The molecule has 108 valence electrons. The molecule has 0 atom stereocenters. The number of carbonyl (C=O) groups is 1. The monoisotopic (exact) mass is 307 g/mol. The van der Waals surface area contributed by atoms with E-state index in [1.807, 2.05) is 0 Å². The lowest BCUT2D eigenvalue weighted by atomic mass is 10.3. The first-order valence-corrected chi connectivity index (χ1v) is 8.52. The number of esters is 1. The first kappa shape index (κ1) is 18.2. The van der Waals surface area contributed by atoms with Gasteiger partial charge in [0.25, 0.3) is 0 Å². The van der Waals surface area contributed by atoms with Crippen LogP contribution in [0.4, 0.5) is 0 Å². The van der Waals surface area contributed by atoms with Gasteiger partial charge in [-0.05, 0) is 27.0 Å². The van der Waals surface area contributed by atoms with Crippen molar-refractivity contribution in [2.24, 2.45) is 0 Å². The molecule has 0 heterocycles. The van der Waals surface area contributed by atoms with Crippen LogP contribution < -0.4 is 0 Å². The van der Waals surface area contributed by atoms with Crippen molar-refractivity contribution in [2.45, 2.75) is 20.8 Å². The maximum absolute atomic E-state index is 12.6. The van der Waals surface area contributed by atoms with Crippen LogP contribution in [0.3, 0.4) is 0 Å². The zero-order valence-electron chi connectivity index (χ0n) is 11.5. The Balaban J connectivity index is 5.72. The Hall–Kier alpha value is -0.800. The van der Waals surface area contributed by atoms with Gasteiger partial charge < -0.3 is 13.8 Å². The molecule has 0 radical (unpaired) electrons. The number of hydrogen-bond acceptors (Lipinski definition) is 7. The van der Waals surface area contributed by atoms with Crippen molar-refractivity contribution in [3.63, 3.8) is 0 Å². The van der Waals surface area contributed by atoms with E-state index in [1.54, 1.807) is 33.1 Å². The summed E-state index contributed by atoms with van der Waals surface area (Å²) in [6.45, 7) is 5.33. The highest BCUT2D eigenvalue weighted by molar-refractivity contribution is 8.09. The summed E-state index contributed by atoms with van der Waals surface area (Å²) in [5.74, 6) is -0.825. The lowest BCUT2D eigenvalue weighted by Gasteiger charge is -2.19. The number of rotatable bonds is 8. The molecular weight excluding hydrogens is 289 g/mol. The van der Waals surface area contributed by atoms with Crippen LogP contribution in [0.25, 0.3) is 0 Å². The lowest BCUT2D eigenvalue weighted by Crippen LogP contribution is -2.10. The third-order valence-corrected chi connectivity index (χ3v) is 5.57. The van der Waals surface area contributed by atoms with Crippen LogP contribution >= 0.6 is 19.4 Å². The van der Waals surface area contributed by atoms with Crippen molar-refractivity contribution in [2.75, 3.05) is 26.1 Å². The Morgan fingerprint density at radius 3 is 2.05 bits per heavy atom. The molecular formula is C11H18NO5PS. The molecule has 0 spiro atoms. The number of carbonyl (C=O) groups excluding carboxylic acids is 1. The van der Waals surface area contributed by atoms with Gasteiger partial charge >= 0.3 is 13.6 Å². The predicted molar refractivity (Wildman–Crippen MR) is 73.6 cm³/mol. The van der Waals surface area contributed by atoms with Gasteiger partial charge in [0, 0.05) is 0 Å². The Labute approximate surface area is 117 Å². The summed E-state index contributed by atoms with van der Waals surface area (Å²) in [5.41, 5.74) is -0.334. The minimum absolute atomic E-state index is 0.0165. The summed E-state index contributed by atoms with van der Waals surface area (Å²) in [6, 6.07) is 1.71. The van der Waals surface area contributed by atoms with Crippen LogP contribution in [-0.2, 0) is 23.1 Å². The summed E-state index contributed by atoms with van der Waals surface area (Å²) in [5, 5.41) is 9.07. The van der Waals surface area contributed by atoms with Crippen molar-refractivity contribution < 1.29 is 23.1 Å². The van der Waals surface area contributed by atoms with E-state index in [1.165, 1.54) is 0 Å². The second-order valence-electron chi connectivity index (χ2n) is 3.05. The molecule has 0 fully saturated rings. The first-order chi connectivity index (χ1) is 9.00. The average molecular weight is 307 g/mol. The minimum Gasteiger partial charge on any atom is -0.462 e. The maximum atomic E-state index is 12.6. The molecule has 0 saturated heterocycles. The van der Waals surface area contributed by atoms with E-state index in [9.17, 15) is 9.36 Å². The molecule has 0 aliphatic rings. The smallest absolute Gasteiger partial charge is 0.369 e. The summed E-state index contributed by atoms with van der Waals surface area (Å²) in [7, 11) is -3.66. The van der Waals surface area contributed by atoms with Crippen molar-refractivity contribution >= 4 is 25.3 Å². The van der Waals surface area contributed by atoms with E-state index in [4.69, 9.17) is 19.0 Å². The van der Waals surface area contributed by atoms with Crippen LogP contribution in [0.15, 0.2) is 10.2 Å². The summed E-state index contributed by atoms with van der Waals surface area (Å²) < 4.78 is 27.6. The van der Waals surface area contributed by atoms with Crippen molar-refractivity contribution in [1.82, 2.24) is 0 Å². The highest BCUT2D eigenvalue weighted by Gasteiger charge is 2.35. The van der Waals surface area contributed by atoms with Gasteiger partial charge in [-0.15, -0.1) is 11.8 Å². The Morgan fingerprint density at radius 2 is 1.74 bits per heavy atom. The molecule has 0 aromatic carbocycles. The Kier molecular flexibility index (Phi) is 8.77. The molecule has 6 nitrogen and oxygen atoms in total. The molecule has 0 aromatic heterocycles. The van der Waals surface area contributed by atoms with Crippen molar-refractivity contribution in [1.29, 1.82) is 5.26 Å². The number of nitriles is 1. The van der Waals surface area contributed by atoms with E-state index >= 15 is 0 Å². The van der Waals surface area contributed by atoms with E-state index < -0.39 is 13.6 Å². The quantitative estimate of drug-likeness (QED) is 0.295. The van der Waals surface area contributed by atoms with Gasteiger partial charge in [-0.25, -0.2) is 4.79 Å². The number of thioether (sulfide) groups is 1. The highest BCUT2D eigenvalue weighted by Crippen LogP contribution is 2.61. The van der Waals surface area contributed by atoms with Crippen LogP contribution in [0.5, 0.6) is 0 Å². The van der Waals surface area contributed by atoms with E-state index in [0.717, 1.165) is 11.8 Å². The fourth-order valence-corrected chi connectivity index (χ4v) is 4.18. The maximum Gasteiger partial charge on any atom is 0.369 e. The predicted octanol–water partition coefficient (Wildman–Crippen LogP) is 2.91. The zero-order chi connectivity index (χ0) is 14.9. The summed E-state index contributed by atoms with van der Waals surface area (Å²) in [6.07, 6.45) is 1.59. The third-order valence-electron chi connectivity index (χ3n) is 1.85. The second kappa shape index (κ2) is 9.16. The number of hydrogen-bond donors (Lipinski definition) is 0. The topological polar surface area (TPSA) is 85.6 Å². The summed E-state index contributed by atoms with van der Waals surface area (Å²) >= 11 is 0.987. The summed E-state index contributed by atoms with van der Waals surface area (Å²) in [4.78, 5) is 11.7. The lowest BCUT2D eigenvalue weighted by molar-refractivity contribution is -0.138.